The van der Waals surface area contributed by atoms with Crippen LogP contribution in [0.15, 0.2) is 60.7 Å². The number of methoxy groups -OCH3 is 1. The van der Waals surface area contributed by atoms with Gasteiger partial charge in [-0.1, -0.05) is 25.1 Å². The molecule has 196 valence electrons. The number of carbonyl (C=O) groups excluding carboxylic acids is 1. The summed E-state index contributed by atoms with van der Waals surface area (Å²) in [6.45, 7) is 3.74. The Kier molecular flexibility index (Phi) is 8.81. The van der Waals surface area contributed by atoms with Crippen LogP contribution in [-0.2, 0) is 23.8 Å². The van der Waals surface area contributed by atoms with Crippen LogP contribution >= 0.6 is 0 Å². The van der Waals surface area contributed by atoms with Crippen LogP contribution in [0.2, 0.25) is 0 Å². The first-order valence-electron chi connectivity index (χ1n) is 11.7. The number of carboxylic acid groups (broad SMARTS) is 1. The van der Waals surface area contributed by atoms with Crippen LogP contribution in [0.4, 0.5) is 13.2 Å². The fourth-order valence-corrected chi connectivity index (χ4v) is 3.88. The molecule has 0 saturated heterocycles. The number of ether oxygens (including phenoxy) is 2. The number of halogens is 3. The lowest BCUT2D eigenvalue weighted by Gasteiger charge is -2.18. The smallest absolute Gasteiger partial charge is 0.416 e. The summed E-state index contributed by atoms with van der Waals surface area (Å²) in [6, 6.07) is 14.9. The largest absolute Gasteiger partial charge is 0.496 e. The topological polar surface area (TPSA) is 84.9 Å². The van der Waals surface area contributed by atoms with Crippen LogP contribution in [0.25, 0.3) is 0 Å². The number of alkyl halides is 3. The van der Waals surface area contributed by atoms with E-state index in [4.69, 9.17) is 14.6 Å². The van der Waals surface area contributed by atoms with E-state index in [1.54, 1.807) is 37.3 Å². The van der Waals surface area contributed by atoms with E-state index in [0.29, 0.717) is 17.9 Å². The van der Waals surface area contributed by atoms with Crippen molar-refractivity contribution < 1.29 is 37.3 Å². The first-order chi connectivity index (χ1) is 17.5. The predicted octanol–water partition coefficient (Wildman–Crippen LogP) is 6.58. The Morgan fingerprint density at radius 2 is 1.73 bits per heavy atom. The molecule has 0 bridgehead atoms. The van der Waals surface area contributed by atoms with E-state index in [9.17, 15) is 22.8 Å². The molecule has 6 nitrogen and oxygen atoms in total. The first-order valence-corrected chi connectivity index (χ1v) is 11.7. The lowest BCUT2D eigenvalue weighted by Crippen LogP contribution is -2.27. The fourth-order valence-electron chi connectivity index (χ4n) is 3.88. The molecule has 1 amide bonds. The molecule has 3 aromatic carbocycles. The zero-order chi connectivity index (χ0) is 27.2. The molecule has 3 rings (SSSR count). The highest BCUT2D eigenvalue weighted by Crippen LogP contribution is 2.33. The SMILES string of the molecule is CCc1cc(Oc2cccc([C@@H](C)NC(=O)c3ccc(C(F)(F)F)cc3OC)c2)ccc1CCC(=O)O. The third-order valence-electron chi connectivity index (χ3n) is 5.88. The summed E-state index contributed by atoms with van der Waals surface area (Å²) in [6.07, 6.45) is -3.33. The second-order valence-electron chi connectivity index (χ2n) is 8.46. The van der Waals surface area contributed by atoms with Crippen LogP contribution in [0, 0.1) is 0 Å². The van der Waals surface area contributed by atoms with Crippen molar-refractivity contribution in [2.45, 2.75) is 45.3 Å². The summed E-state index contributed by atoms with van der Waals surface area (Å²) in [5.74, 6) is -0.466. The average molecular weight is 516 g/mol. The van der Waals surface area contributed by atoms with E-state index in [1.165, 1.54) is 7.11 Å². The van der Waals surface area contributed by atoms with Gasteiger partial charge in [-0.3, -0.25) is 9.59 Å². The van der Waals surface area contributed by atoms with E-state index < -0.39 is 29.7 Å². The molecule has 0 aliphatic rings. The van der Waals surface area contributed by atoms with Gasteiger partial charge in [-0.2, -0.15) is 13.2 Å². The number of amides is 1. The van der Waals surface area contributed by atoms with Crippen LogP contribution < -0.4 is 14.8 Å². The summed E-state index contributed by atoms with van der Waals surface area (Å²) >= 11 is 0. The van der Waals surface area contributed by atoms with E-state index in [0.717, 1.165) is 41.3 Å². The fraction of sp³-hybridized carbons (Fsp3) is 0.286. The van der Waals surface area contributed by atoms with Crippen LogP contribution in [-0.4, -0.2) is 24.1 Å². The molecule has 0 fully saturated rings. The Balaban J connectivity index is 1.73. The number of aliphatic carboxylic acids is 1. The third-order valence-corrected chi connectivity index (χ3v) is 5.88. The maximum absolute atomic E-state index is 13.0. The van der Waals surface area contributed by atoms with Gasteiger partial charge in [0.25, 0.3) is 5.91 Å². The normalized spacial score (nSPS) is 12.1. The minimum absolute atomic E-state index is 0.00941. The summed E-state index contributed by atoms with van der Waals surface area (Å²) in [5, 5.41) is 11.7. The first kappa shape index (κ1) is 27.6. The molecule has 0 aliphatic heterocycles. The summed E-state index contributed by atoms with van der Waals surface area (Å²) < 4.78 is 50.0. The molecule has 3 aromatic rings. The van der Waals surface area contributed by atoms with Crippen molar-refractivity contribution in [2.75, 3.05) is 7.11 Å². The molecule has 0 radical (unpaired) electrons. The van der Waals surface area contributed by atoms with Crippen molar-refractivity contribution in [1.29, 1.82) is 0 Å². The summed E-state index contributed by atoms with van der Waals surface area (Å²) in [7, 11) is 1.21. The molecule has 0 heterocycles. The lowest BCUT2D eigenvalue weighted by molar-refractivity contribution is -0.138. The van der Waals surface area contributed by atoms with Crippen LogP contribution in [0.1, 0.15) is 58.9 Å². The van der Waals surface area contributed by atoms with E-state index in [-0.39, 0.29) is 17.7 Å². The van der Waals surface area contributed by atoms with Gasteiger partial charge in [0.15, 0.2) is 0 Å². The van der Waals surface area contributed by atoms with Gasteiger partial charge >= 0.3 is 12.1 Å². The zero-order valence-corrected chi connectivity index (χ0v) is 20.7. The highest BCUT2D eigenvalue weighted by atomic mass is 19.4. The molecule has 37 heavy (non-hydrogen) atoms. The molecule has 1 atom stereocenters. The van der Waals surface area contributed by atoms with Crippen molar-refractivity contribution in [1.82, 2.24) is 5.32 Å². The number of carboxylic acids is 1. The summed E-state index contributed by atoms with van der Waals surface area (Å²) in [4.78, 5) is 23.7. The molecule has 0 unspecified atom stereocenters. The third kappa shape index (κ3) is 7.25. The highest BCUT2D eigenvalue weighted by Gasteiger charge is 2.32. The van der Waals surface area contributed by atoms with E-state index in [2.05, 4.69) is 5.32 Å². The van der Waals surface area contributed by atoms with Crippen LogP contribution in [0.5, 0.6) is 17.2 Å². The van der Waals surface area contributed by atoms with Crippen molar-refractivity contribution in [3.05, 3.63) is 88.5 Å². The number of hydrogen-bond donors (Lipinski definition) is 2. The van der Waals surface area contributed by atoms with Gasteiger partial charge < -0.3 is 19.9 Å². The molecule has 2 N–H and O–H groups in total. The highest BCUT2D eigenvalue weighted by molar-refractivity contribution is 5.97. The average Bonchev–Trinajstić information content (AvgIpc) is 2.86. The van der Waals surface area contributed by atoms with Gasteiger partial charge in [0.2, 0.25) is 0 Å². The predicted molar refractivity (Wildman–Crippen MR) is 132 cm³/mol. The molecule has 9 heteroatoms. The quantitative estimate of drug-likeness (QED) is 0.319. The van der Waals surface area contributed by atoms with Crippen molar-refractivity contribution >= 4 is 11.9 Å². The molecular formula is C28H28F3NO5. The van der Waals surface area contributed by atoms with Gasteiger partial charge in [-0.15, -0.1) is 0 Å². The number of aryl methyl sites for hydroxylation is 2. The van der Waals surface area contributed by atoms with Crippen LogP contribution in [0.3, 0.4) is 0 Å². The van der Waals surface area contributed by atoms with Crippen molar-refractivity contribution in [3.63, 3.8) is 0 Å². The Morgan fingerprint density at radius 3 is 2.38 bits per heavy atom. The minimum atomic E-state index is -4.55. The monoisotopic (exact) mass is 515 g/mol. The van der Waals surface area contributed by atoms with Gasteiger partial charge in [-0.05, 0) is 78.9 Å². The second-order valence-corrected chi connectivity index (χ2v) is 8.46. The Hall–Kier alpha value is -4.01. The Morgan fingerprint density at radius 1 is 1.00 bits per heavy atom. The molecule has 0 aromatic heterocycles. The minimum Gasteiger partial charge on any atom is -0.496 e. The zero-order valence-electron chi connectivity index (χ0n) is 20.7. The summed E-state index contributed by atoms with van der Waals surface area (Å²) in [5.41, 5.74) is 1.78. The van der Waals surface area contributed by atoms with Gasteiger partial charge in [0.1, 0.15) is 17.2 Å². The Labute approximate surface area is 213 Å². The van der Waals surface area contributed by atoms with E-state index >= 15 is 0 Å². The standard InChI is InChI=1S/C28H28F3NO5/c1-4-18-14-23(11-8-19(18)9-13-26(33)34)37-22-7-5-6-20(15-22)17(2)32-27(35)24-12-10-21(28(29,30)31)16-25(24)36-3/h5-8,10-12,14-17H,4,9,13H2,1-3H3,(H,32,35)(H,33,34)/t17-/m1/s1. The number of carbonyl (C=O) groups is 2. The maximum Gasteiger partial charge on any atom is 0.416 e. The van der Waals surface area contributed by atoms with Gasteiger partial charge in [0, 0.05) is 6.42 Å². The van der Waals surface area contributed by atoms with Gasteiger partial charge in [-0.25, -0.2) is 0 Å². The molecule has 0 spiro atoms. The number of hydrogen-bond acceptors (Lipinski definition) is 4. The second kappa shape index (κ2) is 11.8. The van der Waals surface area contributed by atoms with E-state index in [1.807, 2.05) is 19.1 Å². The molecule has 0 saturated carbocycles. The number of nitrogens with one attached hydrogen (secondary N) is 1. The number of benzene rings is 3. The lowest BCUT2D eigenvalue weighted by atomic mass is 10.0. The van der Waals surface area contributed by atoms with Crippen molar-refractivity contribution in [2.24, 2.45) is 0 Å². The maximum atomic E-state index is 13.0. The number of rotatable bonds is 10. The molecule has 0 aliphatic carbocycles. The Bertz CT molecular complexity index is 1270. The van der Waals surface area contributed by atoms with Gasteiger partial charge in [0.05, 0.1) is 24.3 Å². The van der Waals surface area contributed by atoms with Crippen molar-refractivity contribution in [3.8, 4) is 17.2 Å². The molecular weight excluding hydrogens is 487 g/mol.